The Morgan fingerprint density at radius 2 is 0.934 bits per heavy atom. The molecule has 0 amide bonds. The normalized spacial score (nSPS) is 14.0. The van der Waals surface area contributed by atoms with Crippen molar-refractivity contribution in [2.24, 2.45) is 52.0 Å². The van der Waals surface area contributed by atoms with Crippen LogP contribution in [0.15, 0.2) is 217 Å². The van der Waals surface area contributed by atoms with E-state index in [2.05, 4.69) is 474 Å². The first-order valence-electron chi connectivity index (χ1n) is 47.0. The van der Waals surface area contributed by atoms with Gasteiger partial charge in [-0.3, -0.25) is 40.1 Å². The molecule has 754 valence electrons. The van der Waals surface area contributed by atoms with Gasteiger partial charge in [0.15, 0.2) is 18.7 Å². The number of aromatic nitrogens is 21. The number of nitrogens with one attached hydrogen (secondary N) is 4. The van der Waals surface area contributed by atoms with E-state index in [1.54, 1.807) is 62.4 Å². The van der Waals surface area contributed by atoms with E-state index < -0.39 is 0 Å². The van der Waals surface area contributed by atoms with Crippen LogP contribution in [-0.4, -0.2) is 142 Å². The molecule has 10 aromatic rings. The maximum absolute atomic E-state index is 5.09. The molecule has 0 unspecified atom stereocenters. The zero-order valence-corrected chi connectivity index (χ0v) is 92.3. The summed E-state index contributed by atoms with van der Waals surface area (Å²) >= 11 is 0. The largest absolute Gasteiger partial charge is 0.451 e. The molecule has 0 aromatic carbocycles. The minimum atomic E-state index is 0.0451. The Balaban J connectivity index is 0.000000729. The van der Waals surface area contributed by atoms with Gasteiger partial charge in [0.05, 0.1) is 60.3 Å². The van der Waals surface area contributed by atoms with Gasteiger partial charge >= 0.3 is 0 Å². The first-order chi connectivity index (χ1) is 62.1. The summed E-state index contributed by atoms with van der Waals surface area (Å²) < 4.78 is 18.9. The van der Waals surface area contributed by atoms with E-state index in [1.807, 2.05) is 60.5 Å². The second-order valence-electron chi connectivity index (χ2n) is 48.4. The molecule has 4 N–H and O–H groups in total. The highest BCUT2D eigenvalue weighted by Gasteiger charge is 2.26. The molecular weight excluding hydrogens is 1700 g/mol. The Bertz CT molecular complexity index is 4300. The fourth-order valence-corrected chi connectivity index (χ4v) is 10.3. The van der Waals surface area contributed by atoms with Crippen molar-refractivity contribution in [3.05, 3.63) is 224 Å². The van der Waals surface area contributed by atoms with Crippen molar-refractivity contribution in [3.63, 3.8) is 0 Å². The summed E-state index contributed by atoms with van der Waals surface area (Å²) in [4.78, 5) is 52.8. The number of rotatable bonds is 0. The number of allylic oxidation sites excluding steroid dienone is 7. The lowest BCUT2D eigenvalue weighted by Crippen LogP contribution is -2.21. The van der Waals surface area contributed by atoms with Crippen LogP contribution in [0.25, 0.3) is 0 Å². The zero-order chi connectivity index (χ0) is 104. The second kappa shape index (κ2) is 54.6. The molecule has 0 radical (unpaired) electrons. The molecule has 0 bridgehead atoms. The minimum absolute atomic E-state index is 0.0451. The molecule has 0 atom stereocenters. The van der Waals surface area contributed by atoms with E-state index in [0.29, 0.717) is 5.41 Å². The number of nitrogens with zero attached hydrogens (tertiary/aromatic N) is 22. The summed E-state index contributed by atoms with van der Waals surface area (Å²) in [5.74, 6) is 3.59. The van der Waals surface area contributed by atoms with Crippen LogP contribution in [0.5, 0.6) is 0 Å². The number of pyridine rings is 1. The number of imidazole rings is 1. The predicted molar refractivity (Wildman–Crippen MR) is 565 cm³/mol. The van der Waals surface area contributed by atoms with Gasteiger partial charge in [-0.25, -0.2) is 39.6 Å². The fourth-order valence-electron chi connectivity index (χ4n) is 10.3. The van der Waals surface area contributed by atoms with Crippen LogP contribution in [0.1, 0.15) is 383 Å². The topological polar surface area (TPSA) is 368 Å². The number of H-pyrrole nitrogens is 4. The smallest absolute Gasteiger partial charge is 0.199 e. The summed E-state index contributed by atoms with van der Waals surface area (Å²) in [6, 6.07) is 4.08. The highest BCUT2D eigenvalue weighted by Crippen LogP contribution is 2.32. The molecule has 0 saturated carbocycles. The Labute approximate surface area is 818 Å². The average Bonchev–Trinajstić information content (AvgIpc) is 1.85. The SMILES string of the molecule is CC(C)(C)C1=CCC=N1.CC(C)(C)C1=CCC=N1.CC(C)(C)C1=CN=CC1.CC(C)(C)C1=NC=CC1.CC(C)(C)C1=NCC=C1.CC(C)(C)c1cccnc1.CC(C)(C)c1cn[nH]n1.CC(C)(C)c1cn[nH]n1.CC(C)(C)c1cnco1.CC(C)(C)c1cocn1.CC(C)(C)c1ncco1.CC(C)(C)c1ncn[nH]1.CC(C)(C)c1ncn[nH]1.CC(C)(C)n1ccnc1.CC(C)(C)n1cncn1. The Hall–Kier alpha value is -11.3. The second-order valence-corrected chi connectivity index (χ2v) is 48.4. The van der Waals surface area contributed by atoms with Gasteiger partial charge in [-0.1, -0.05) is 300 Å². The van der Waals surface area contributed by atoms with Crippen LogP contribution in [0, 0.1) is 27.1 Å². The van der Waals surface area contributed by atoms with E-state index in [4.69, 9.17) is 13.3 Å². The Kier molecular flexibility index (Phi) is 49.3. The van der Waals surface area contributed by atoms with E-state index in [0.717, 1.165) is 72.6 Å². The van der Waals surface area contributed by atoms with Crippen molar-refractivity contribution in [3.8, 4) is 0 Å². The quantitative estimate of drug-likeness (QED) is 0.110. The summed E-state index contributed by atoms with van der Waals surface area (Å²) in [5, 5.41) is 37.6. The number of aromatic amines is 4. The maximum atomic E-state index is 5.09. The van der Waals surface area contributed by atoms with E-state index >= 15 is 0 Å². The van der Waals surface area contributed by atoms with E-state index in [-0.39, 0.29) is 76.1 Å². The lowest BCUT2D eigenvalue weighted by atomic mass is 9.86. The zero-order valence-electron chi connectivity index (χ0n) is 92.3. The molecule has 10 aromatic heterocycles. The van der Waals surface area contributed by atoms with Gasteiger partial charge in [-0.2, -0.15) is 46.1 Å². The van der Waals surface area contributed by atoms with Crippen molar-refractivity contribution in [1.29, 1.82) is 0 Å². The highest BCUT2D eigenvalue weighted by atomic mass is 16.3. The van der Waals surface area contributed by atoms with Crippen molar-refractivity contribution in [1.82, 2.24) is 105 Å². The highest BCUT2D eigenvalue weighted by molar-refractivity contribution is 6.00. The third-order valence-electron chi connectivity index (χ3n) is 19.3. The van der Waals surface area contributed by atoms with Gasteiger partial charge in [0, 0.05) is 169 Å². The lowest BCUT2D eigenvalue weighted by Gasteiger charge is -2.19. The van der Waals surface area contributed by atoms with Crippen LogP contribution in [0.4, 0.5) is 0 Å². The standard InChI is InChI=1S/C9H13N.5C8H13N.C7H12N2.3C7H11NO.5C6H11N3/c1-9(2,3)8-5-4-6-10-7-8;1-8(2,3)7-4-5-9-6-7;4*1-8(2,3)7-5-4-6-9-7;1-7(2,3)9-5-4-8-6-9;1-7(2,3)6-4-9-5-8-6;1-7(2,3)6-4-8-5-9-6;1-7(2,3)6-8-4-5-9-6;1-6(2,3)9-5-7-4-8-9;2*1-6(2,3)5-7-4-8-9-5;2*1-6(2,3)5-4-7-9-8-5/h4-7H,1-3H3;3*5-6H,4H2,1-3H3;4,6H,5H2,1-3H3;4-5H,6H2,1-3H3;4-6H,1-3H3;4*4-5H,1-3H3;4*4H,1-3H3,(H,7,8,9). The third-order valence-corrected chi connectivity index (χ3v) is 19.3. The molecule has 0 aliphatic carbocycles. The fraction of sp³-hybridized carbons (Fsp3) is 0.607. The first kappa shape index (κ1) is 123. The molecule has 15 rings (SSSR count). The van der Waals surface area contributed by atoms with Gasteiger partial charge in [0.2, 0.25) is 0 Å². The molecule has 15 heterocycles. The molecule has 5 aliphatic heterocycles. The molecular formula is C107H178N26O3. The number of hydrogen-bond donors (Lipinski definition) is 4. The van der Waals surface area contributed by atoms with Crippen LogP contribution in [0.3, 0.4) is 0 Å². The van der Waals surface area contributed by atoms with E-state index in [1.165, 1.54) is 59.4 Å². The Morgan fingerprint density at radius 1 is 0.404 bits per heavy atom. The average molecular weight is 1880 g/mol. The van der Waals surface area contributed by atoms with Crippen molar-refractivity contribution < 1.29 is 13.3 Å². The molecule has 0 saturated heterocycles. The van der Waals surface area contributed by atoms with Crippen LogP contribution < -0.4 is 0 Å². The number of hydrogen-bond acceptors (Lipinski definition) is 23. The molecule has 29 nitrogen and oxygen atoms in total. The maximum Gasteiger partial charge on any atom is 0.199 e. The summed E-state index contributed by atoms with van der Waals surface area (Å²) in [5.41, 5.74) is 13.2. The van der Waals surface area contributed by atoms with Gasteiger partial charge in [-0.05, 0) is 75.7 Å². The van der Waals surface area contributed by atoms with Crippen molar-refractivity contribution in [2.75, 3.05) is 6.54 Å². The van der Waals surface area contributed by atoms with Crippen LogP contribution in [-0.2, 0) is 54.4 Å². The van der Waals surface area contributed by atoms with Gasteiger partial charge < -0.3 is 17.8 Å². The first-order valence-corrected chi connectivity index (χ1v) is 47.0. The number of aliphatic imine (C=N–C) groups is 5. The molecule has 0 spiro atoms. The van der Waals surface area contributed by atoms with Crippen molar-refractivity contribution in [2.45, 2.75) is 392 Å². The Morgan fingerprint density at radius 3 is 1.12 bits per heavy atom. The summed E-state index contributed by atoms with van der Waals surface area (Å²) in [6.45, 7) is 96.9. The minimum Gasteiger partial charge on any atom is -0.451 e. The molecule has 29 heteroatoms. The third kappa shape index (κ3) is 53.3. The van der Waals surface area contributed by atoms with Crippen LogP contribution in [0.2, 0.25) is 0 Å². The van der Waals surface area contributed by atoms with Crippen molar-refractivity contribution >= 4 is 30.1 Å². The molecule has 0 fully saturated rings. The van der Waals surface area contributed by atoms with Gasteiger partial charge in [0.1, 0.15) is 55.2 Å². The summed E-state index contributed by atoms with van der Waals surface area (Å²) in [7, 11) is 0. The lowest BCUT2D eigenvalue weighted by molar-refractivity contribution is 0.354. The monoisotopic (exact) mass is 1880 g/mol. The van der Waals surface area contributed by atoms with Crippen LogP contribution >= 0.6 is 0 Å². The predicted octanol–water partition coefficient (Wildman–Crippen LogP) is 27.0. The molecule has 136 heavy (non-hydrogen) atoms. The van der Waals surface area contributed by atoms with Gasteiger partial charge in [-0.15, -0.1) is 0 Å². The number of oxazole rings is 3. The van der Waals surface area contributed by atoms with E-state index in [9.17, 15) is 0 Å². The molecule has 5 aliphatic rings. The summed E-state index contributed by atoms with van der Waals surface area (Å²) in [6.07, 6.45) is 53.3. The van der Waals surface area contributed by atoms with Gasteiger partial charge in [0.25, 0.3) is 0 Å².